The standard InChI is InChI=1S/C18H34N4O.CH5P/c1-5-22(6-2)13-7-15-23-18-10-8-17(9-11-18)16-20-12-14-21(4)19-3;1-2/h8-11,19-20H,5-7,12-16H2,1-4H3;2H2,1H3. The van der Waals surface area contributed by atoms with Crippen LogP contribution in [0.2, 0.25) is 0 Å². The second kappa shape index (κ2) is 16.7. The van der Waals surface area contributed by atoms with Gasteiger partial charge < -0.3 is 15.0 Å². The van der Waals surface area contributed by atoms with Crippen molar-refractivity contribution in [3.63, 3.8) is 0 Å². The molecule has 0 saturated carbocycles. The highest BCUT2D eigenvalue weighted by molar-refractivity contribution is 7.15. The molecule has 0 fully saturated rings. The van der Waals surface area contributed by atoms with E-state index in [1.165, 1.54) is 5.56 Å². The lowest BCUT2D eigenvalue weighted by Gasteiger charge is -2.17. The van der Waals surface area contributed by atoms with Crippen molar-refractivity contribution in [3.05, 3.63) is 29.8 Å². The summed E-state index contributed by atoms with van der Waals surface area (Å²) in [6.07, 6.45) is 1.07. The van der Waals surface area contributed by atoms with Gasteiger partial charge >= 0.3 is 0 Å². The van der Waals surface area contributed by atoms with Crippen LogP contribution < -0.4 is 15.5 Å². The van der Waals surface area contributed by atoms with Gasteiger partial charge in [-0.25, -0.2) is 5.01 Å². The summed E-state index contributed by atoms with van der Waals surface area (Å²) < 4.78 is 5.81. The highest BCUT2D eigenvalue weighted by Gasteiger charge is 2.00. The predicted octanol–water partition coefficient (Wildman–Crippen LogP) is 2.44. The second-order valence-electron chi connectivity index (χ2n) is 5.69. The van der Waals surface area contributed by atoms with Crippen molar-refractivity contribution >= 4 is 9.24 Å². The number of benzene rings is 1. The summed E-state index contributed by atoms with van der Waals surface area (Å²) in [5.41, 5.74) is 4.37. The van der Waals surface area contributed by atoms with Crippen LogP contribution in [0.4, 0.5) is 0 Å². The van der Waals surface area contributed by atoms with Crippen molar-refractivity contribution in [1.82, 2.24) is 20.7 Å². The van der Waals surface area contributed by atoms with E-state index < -0.39 is 0 Å². The highest BCUT2D eigenvalue weighted by atomic mass is 31.0. The zero-order valence-electron chi connectivity index (χ0n) is 16.8. The van der Waals surface area contributed by atoms with E-state index in [-0.39, 0.29) is 0 Å². The zero-order valence-corrected chi connectivity index (χ0v) is 18.0. The normalized spacial score (nSPS) is 10.7. The van der Waals surface area contributed by atoms with E-state index in [0.29, 0.717) is 0 Å². The number of ether oxygens (including phenoxy) is 1. The Bertz CT molecular complexity index is 399. The number of likely N-dealkylation sites (N-methyl/N-ethyl adjacent to an activating group) is 1. The molecule has 25 heavy (non-hydrogen) atoms. The largest absolute Gasteiger partial charge is 0.494 e. The minimum Gasteiger partial charge on any atom is -0.494 e. The Morgan fingerprint density at radius 1 is 1.04 bits per heavy atom. The highest BCUT2D eigenvalue weighted by Crippen LogP contribution is 2.12. The van der Waals surface area contributed by atoms with Gasteiger partial charge in [-0.1, -0.05) is 32.6 Å². The second-order valence-corrected chi connectivity index (χ2v) is 5.69. The van der Waals surface area contributed by atoms with Crippen molar-refractivity contribution in [2.45, 2.75) is 26.8 Å². The summed E-state index contributed by atoms with van der Waals surface area (Å²) in [6.45, 7) is 13.3. The number of nitrogens with zero attached hydrogens (tertiary/aromatic N) is 2. The van der Waals surface area contributed by atoms with Crippen LogP contribution in [0.5, 0.6) is 5.75 Å². The lowest BCUT2D eigenvalue weighted by Crippen LogP contribution is -2.36. The average molecular weight is 371 g/mol. The number of nitrogens with one attached hydrogen (secondary N) is 2. The van der Waals surface area contributed by atoms with Gasteiger partial charge in [0.1, 0.15) is 5.75 Å². The first-order valence-corrected chi connectivity index (χ1v) is 10.5. The first-order valence-electron chi connectivity index (χ1n) is 9.30. The summed E-state index contributed by atoms with van der Waals surface area (Å²) in [5.74, 6) is 0.961. The molecule has 146 valence electrons. The van der Waals surface area contributed by atoms with E-state index >= 15 is 0 Å². The first kappa shape index (κ1) is 24.3. The molecule has 0 heterocycles. The summed E-state index contributed by atoms with van der Waals surface area (Å²) in [6, 6.07) is 8.39. The Morgan fingerprint density at radius 2 is 1.68 bits per heavy atom. The molecule has 1 unspecified atom stereocenters. The van der Waals surface area contributed by atoms with Gasteiger partial charge in [-0.05, 0) is 44.3 Å². The van der Waals surface area contributed by atoms with Crippen molar-refractivity contribution in [1.29, 1.82) is 0 Å². The quantitative estimate of drug-likeness (QED) is 0.317. The predicted molar refractivity (Wildman–Crippen MR) is 113 cm³/mol. The van der Waals surface area contributed by atoms with E-state index in [0.717, 1.165) is 58.0 Å². The minimum atomic E-state index is 0.782. The molecule has 6 heteroatoms. The molecule has 0 amide bonds. The molecular weight excluding hydrogens is 331 g/mol. The Balaban J connectivity index is 0.00000277. The topological polar surface area (TPSA) is 39.8 Å². The van der Waals surface area contributed by atoms with Crippen molar-refractivity contribution < 1.29 is 4.74 Å². The smallest absolute Gasteiger partial charge is 0.119 e. The number of hydrogen-bond donors (Lipinski definition) is 2. The van der Waals surface area contributed by atoms with E-state index in [2.05, 4.69) is 68.0 Å². The van der Waals surface area contributed by atoms with Crippen LogP contribution in [0.1, 0.15) is 25.8 Å². The van der Waals surface area contributed by atoms with Gasteiger partial charge in [0.15, 0.2) is 0 Å². The Morgan fingerprint density at radius 3 is 2.24 bits per heavy atom. The van der Waals surface area contributed by atoms with Crippen LogP contribution in [-0.4, -0.2) is 70.0 Å². The molecule has 0 bridgehead atoms. The summed E-state index contributed by atoms with van der Waals surface area (Å²) in [4.78, 5) is 2.42. The Labute approximate surface area is 157 Å². The summed E-state index contributed by atoms with van der Waals surface area (Å²) >= 11 is 0. The van der Waals surface area contributed by atoms with Crippen LogP contribution in [0.15, 0.2) is 24.3 Å². The molecule has 1 aromatic carbocycles. The lowest BCUT2D eigenvalue weighted by atomic mass is 10.2. The number of hydrogen-bond acceptors (Lipinski definition) is 5. The zero-order chi connectivity index (χ0) is 18.9. The molecule has 1 rings (SSSR count). The maximum Gasteiger partial charge on any atom is 0.119 e. The fourth-order valence-corrected chi connectivity index (χ4v) is 2.31. The number of hydrazine groups is 1. The Hall–Kier alpha value is -0.710. The third kappa shape index (κ3) is 12.3. The van der Waals surface area contributed by atoms with Gasteiger partial charge in [-0.15, -0.1) is 9.24 Å². The molecule has 1 atom stereocenters. The van der Waals surface area contributed by atoms with Crippen LogP contribution in [-0.2, 0) is 6.54 Å². The fraction of sp³-hybridized carbons (Fsp3) is 0.684. The van der Waals surface area contributed by atoms with E-state index in [4.69, 9.17) is 4.74 Å². The van der Waals surface area contributed by atoms with E-state index in [1.54, 1.807) is 0 Å². The molecule has 0 spiro atoms. The van der Waals surface area contributed by atoms with Gasteiger partial charge in [0.05, 0.1) is 6.61 Å². The summed E-state index contributed by atoms with van der Waals surface area (Å²) in [7, 11) is 6.38. The van der Waals surface area contributed by atoms with Crippen molar-refractivity contribution in [3.8, 4) is 5.75 Å². The van der Waals surface area contributed by atoms with E-state index in [1.807, 2.05) is 20.8 Å². The van der Waals surface area contributed by atoms with Gasteiger partial charge in [-0.2, -0.15) is 0 Å². The fourth-order valence-electron chi connectivity index (χ4n) is 2.31. The molecule has 0 radical (unpaired) electrons. The monoisotopic (exact) mass is 370 g/mol. The lowest BCUT2D eigenvalue weighted by molar-refractivity contribution is 0.249. The third-order valence-corrected chi connectivity index (χ3v) is 4.04. The Kier molecular flexibility index (Phi) is 16.3. The van der Waals surface area contributed by atoms with Crippen LogP contribution in [0.3, 0.4) is 0 Å². The average Bonchev–Trinajstić information content (AvgIpc) is 2.67. The van der Waals surface area contributed by atoms with Crippen LogP contribution in [0, 0.1) is 0 Å². The molecular formula is C19H39N4OP. The van der Waals surface area contributed by atoms with E-state index in [9.17, 15) is 0 Å². The minimum absolute atomic E-state index is 0.782. The SMILES string of the molecule is CCN(CC)CCCOc1ccc(CNCCN(C)NC)cc1.CP. The van der Waals surface area contributed by atoms with Gasteiger partial charge in [0.25, 0.3) is 0 Å². The molecule has 0 aliphatic rings. The van der Waals surface area contributed by atoms with Crippen LogP contribution >= 0.6 is 9.24 Å². The number of rotatable bonds is 13. The third-order valence-electron chi connectivity index (χ3n) is 4.04. The molecule has 0 aromatic heterocycles. The molecule has 0 saturated heterocycles. The molecule has 1 aromatic rings. The van der Waals surface area contributed by atoms with Crippen LogP contribution in [0.25, 0.3) is 0 Å². The maximum absolute atomic E-state index is 5.81. The molecule has 0 aliphatic carbocycles. The molecule has 0 aliphatic heterocycles. The molecule has 2 N–H and O–H groups in total. The van der Waals surface area contributed by atoms with Crippen molar-refractivity contribution in [2.75, 3.05) is 60.1 Å². The summed E-state index contributed by atoms with van der Waals surface area (Å²) in [5, 5.41) is 5.49. The molecule has 5 nitrogen and oxygen atoms in total. The maximum atomic E-state index is 5.81. The van der Waals surface area contributed by atoms with Crippen molar-refractivity contribution in [2.24, 2.45) is 0 Å². The van der Waals surface area contributed by atoms with Gasteiger partial charge in [0.2, 0.25) is 0 Å². The van der Waals surface area contributed by atoms with Gasteiger partial charge in [-0.3, -0.25) is 5.43 Å². The van der Waals surface area contributed by atoms with Gasteiger partial charge in [0, 0.05) is 33.2 Å². The first-order chi connectivity index (χ1) is 12.2.